The molecule has 2 N–H and O–H groups in total. The first kappa shape index (κ1) is 20.0. The summed E-state index contributed by atoms with van der Waals surface area (Å²) >= 11 is 0. The first-order valence-corrected chi connectivity index (χ1v) is 10.3. The van der Waals surface area contributed by atoms with Gasteiger partial charge >= 0.3 is 0 Å². The maximum atomic E-state index is 13.8. The van der Waals surface area contributed by atoms with E-state index in [9.17, 15) is 9.18 Å². The van der Waals surface area contributed by atoms with Gasteiger partial charge < -0.3 is 10.3 Å². The molecule has 2 saturated heterocycles. The Bertz CT molecular complexity index is 878. The second kappa shape index (κ2) is 8.20. The lowest BCUT2D eigenvalue weighted by molar-refractivity contribution is -0.123. The normalized spacial score (nSPS) is 22.8. The number of nitrogens with zero attached hydrogens (tertiary/aromatic N) is 4. The quantitative estimate of drug-likeness (QED) is 0.829. The number of hydrogen-bond acceptors (Lipinski definition) is 6. The Morgan fingerprint density at radius 1 is 1.28 bits per heavy atom. The first-order valence-electron chi connectivity index (χ1n) is 10.3. The fourth-order valence-corrected chi connectivity index (χ4v) is 4.55. The van der Waals surface area contributed by atoms with Gasteiger partial charge in [-0.15, -0.1) is 0 Å². The Labute approximate surface area is 170 Å². The highest BCUT2D eigenvalue weighted by Gasteiger charge is 2.36. The van der Waals surface area contributed by atoms with Crippen LogP contribution in [-0.4, -0.2) is 57.6 Å². The monoisotopic (exact) mass is 401 g/mol. The standard InChI is InChI=1S/C21H28FN5O2/c1-13-5-6-15(12-17(13)22)20-24-21(29-25-20)14(2)26-10-7-16(8-11-26)27-9-3-4-18(27)19(23)28/h5-6,12,14,16,18H,3-4,7-11H2,1-2H3,(H2,23,28)/t14-,18-/m0/s1. The third kappa shape index (κ3) is 4.04. The van der Waals surface area contributed by atoms with Gasteiger partial charge in [0, 0.05) is 24.7 Å². The minimum Gasteiger partial charge on any atom is -0.368 e. The van der Waals surface area contributed by atoms with Crippen LogP contribution in [0.5, 0.6) is 0 Å². The summed E-state index contributed by atoms with van der Waals surface area (Å²) in [7, 11) is 0. The molecule has 1 aromatic carbocycles. The molecule has 2 atom stereocenters. The molecule has 2 aliphatic heterocycles. The molecule has 0 saturated carbocycles. The van der Waals surface area contributed by atoms with Gasteiger partial charge in [0.05, 0.1) is 12.1 Å². The molecule has 0 bridgehead atoms. The zero-order valence-electron chi connectivity index (χ0n) is 17.0. The van der Waals surface area contributed by atoms with E-state index in [1.54, 1.807) is 19.1 Å². The van der Waals surface area contributed by atoms with Gasteiger partial charge in [-0.05, 0) is 57.7 Å². The van der Waals surface area contributed by atoms with Crippen molar-refractivity contribution < 1.29 is 13.7 Å². The number of piperidine rings is 1. The van der Waals surface area contributed by atoms with Crippen molar-refractivity contribution in [3.8, 4) is 11.4 Å². The average molecular weight is 401 g/mol. The van der Waals surface area contributed by atoms with Crippen molar-refractivity contribution in [2.24, 2.45) is 5.73 Å². The Balaban J connectivity index is 1.39. The molecule has 2 aliphatic rings. The van der Waals surface area contributed by atoms with Crippen molar-refractivity contribution in [1.82, 2.24) is 19.9 Å². The number of amides is 1. The minimum atomic E-state index is -0.278. The molecular formula is C21H28FN5O2. The van der Waals surface area contributed by atoms with Crippen LogP contribution in [0, 0.1) is 12.7 Å². The number of carbonyl (C=O) groups excluding carboxylic acids is 1. The van der Waals surface area contributed by atoms with Gasteiger partial charge in [0.25, 0.3) is 0 Å². The maximum absolute atomic E-state index is 13.8. The van der Waals surface area contributed by atoms with Crippen LogP contribution in [0.15, 0.2) is 22.7 Å². The van der Waals surface area contributed by atoms with E-state index in [1.165, 1.54) is 6.07 Å². The minimum absolute atomic E-state index is 0.0157. The van der Waals surface area contributed by atoms with Gasteiger partial charge in [0.2, 0.25) is 17.6 Å². The molecule has 0 aliphatic carbocycles. The number of nitrogens with two attached hydrogens (primary N) is 1. The van der Waals surface area contributed by atoms with Gasteiger partial charge in [-0.25, -0.2) is 4.39 Å². The van der Waals surface area contributed by atoms with Crippen molar-refractivity contribution in [2.75, 3.05) is 19.6 Å². The summed E-state index contributed by atoms with van der Waals surface area (Å²) in [6.07, 6.45) is 3.88. The van der Waals surface area contributed by atoms with Crippen LogP contribution < -0.4 is 5.73 Å². The fraction of sp³-hybridized carbons (Fsp3) is 0.571. The molecular weight excluding hydrogens is 373 g/mol. The van der Waals surface area contributed by atoms with Gasteiger partial charge in [0.1, 0.15) is 5.82 Å². The number of halogens is 1. The summed E-state index contributed by atoms with van der Waals surface area (Å²) in [6.45, 7) is 6.51. The summed E-state index contributed by atoms with van der Waals surface area (Å²) in [5.41, 5.74) is 6.77. The Morgan fingerprint density at radius 3 is 2.72 bits per heavy atom. The van der Waals surface area contributed by atoms with Crippen molar-refractivity contribution in [3.05, 3.63) is 35.5 Å². The molecule has 3 heterocycles. The topological polar surface area (TPSA) is 88.5 Å². The number of benzene rings is 1. The molecule has 0 spiro atoms. The summed E-state index contributed by atoms with van der Waals surface area (Å²) < 4.78 is 19.3. The van der Waals surface area contributed by atoms with Gasteiger partial charge in [-0.3, -0.25) is 14.6 Å². The van der Waals surface area contributed by atoms with Gasteiger partial charge in [-0.1, -0.05) is 17.3 Å². The van der Waals surface area contributed by atoms with Crippen molar-refractivity contribution in [3.63, 3.8) is 0 Å². The first-order chi connectivity index (χ1) is 13.9. The molecule has 1 amide bonds. The van der Waals surface area contributed by atoms with E-state index in [0.717, 1.165) is 45.3 Å². The number of rotatable bonds is 5. The summed E-state index contributed by atoms with van der Waals surface area (Å²) in [4.78, 5) is 20.8. The zero-order chi connectivity index (χ0) is 20.5. The van der Waals surface area contributed by atoms with Crippen molar-refractivity contribution in [1.29, 1.82) is 0 Å². The molecule has 0 unspecified atom stereocenters. The second-order valence-corrected chi connectivity index (χ2v) is 8.16. The van der Waals surface area contributed by atoms with Crippen LogP contribution in [0.3, 0.4) is 0 Å². The Morgan fingerprint density at radius 2 is 2.03 bits per heavy atom. The zero-order valence-corrected chi connectivity index (χ0v) is 17.0. The van der Waals surface area contributed by atoms with Crippen LogP contribution in [0.25, 0.3) is 11.4 Å². The van der Waals surface area contributed by atoms with E-state index >= 15 is 0 Å². The lowest BCUT2D eigenvalue weighted by atomic mass is 10.0. The van der Waals surface area contributed by atoms with Crippen LogP contribution in [0.1, 0.15) is 50.1 Å². The van der Waals surface area contributed by atoms with Crippen LogP contribution in [-0.2, 0) is 4.79 Å². The van der Waals surface area contributed by atoms with E-state index in [2.05, 4.69) is 26.9 Å². The van der Waals surface area contributed by atoms with E-state index < -0.39 is 0 Å². The summed E-state index contributed by atoms with van der Waals surface area (Å²) in [6, 6.07) is 5.22. The molecule has 2 aromatic rings. The number of aromatic nitrogens is 2. The second-order valence-electron chi connectivity index (χ2n) is 8.16. The number of likely N-dealkylation sites (tertiary alicyclic amines) is 2. The molecule has 8 heteroatoms. The number of hydrogen-bond donors (Lipinski definition) is 1. The van der Waals surface area contributed by atoms with E-state index in [-0.39, 0.29) is 23.8 Å². The molecule has 1 aromatic heterocycles. The van der Waals surface area contributed by atoms with Crippen LogP contribution in [0.4, 0.5) is 4.39 Å². The lowest BCUT2D eigenvalue weighted by Crippen LogP contribution is -2.50. The number of aryl methyl sites for hydroxylation is 1. The number of carbonyl (C=O) groups is 1. The lowest BCUT2D eigenvalue weighted by Gasteiger charge is -2.40. The third-order valence-corrected chi connectivity index (χ3v) is 6.37. The SMILES string of the molecule is Cc1ccc(-c2noc([C@H](C)N3CCC(N4CCC[C@H]4C(N)=O)CC3)n2)cc1F. The average Bonchev–Trinajstić information content (AvgIpc) is 3.39. The van der Waals surface area contributed by atoms with E-state index in [0.29, 0.717) is 28.9 Å². The summed E-state index contributed by atoms with van der Waals surface area (Å²) in [5.74, 6) is 0.460. The predicted octanol–water partition coefficient (Wildman–Crippen LogP) is 2.66. The molecule has 7 nitrogen and oxygen atoms in total. The Hall–Kier alpha value is -2.32. The van der Waals surface area contributed by atoms with Crippen LogP contribution >= 0.6 is 0 Å². The summed E-state index contributed by atoms with van der Waals surface area (Å²) in [5, 5.41) is 4.04. The van der Waals surface area contributed by atoms with E-state index in [4.69, 9.17) is 10.3 Å². The van der Waals surface area contributed by atoms with Crippen molar-refractivity contribution >= 4 is 5.91 Å². The van der Waals surface area contributed by atoms with Gasteiger partial charge in [-0.2, -0.15) is 4.98 Å². The largest absolute Gasteiger partial charge is 0.368 e. The molecule has 2 fully saturated rings. The van der Waals surface area contributed by atoms with Crippen molar-refractivity contribution in [2.45, 2.75) is 57.7 Å². The van der Waals surface area contributed by atoms with Gasteiger partial charge in [0.15, 0.2) is 0 Å². The highest BCUT2D eigenvalue weighted by Crippen LogP contribution is 2.30. The number of primary amides is 1. The highest BCUT2D eigenvalue weighted by atomic mass is 19.1. The predicted molar refractivity (Wildman–Crippen MR) is 106 cm³/mol. The fourth-order valence-electron chi connectivity index (χ4n) is 4.55. The smallest absolute Gasteiger partial charge is 0.244 e. The third-order valence-electron chi connectivity index (χ3n) is 6.37. The van der Waals surface area contributed by atoms with E-state index in [1.807, 2.05) is 0 Å². The molecule has 0 radical (unpaired) electrons. The maximum Gasteiger partial charge on any atom is 0.244 e. The highest BCUT2D eigenvalue weighted by molar-refractivity contribution is 5.80. The van der Waals surface area contributed by atoms with Crippen LogP contribution in [0.2, 0.25) is 0 Å². The molecule has 4 rings (SSSR count). The Kier molecular flexibility index (Phi) is 5.65. The molecule has 156 valence electrons. The molecule has 29 heavy (non-hydrogen) atoms.